The van der Waals surface area contributed by atoms with Crippen LogP contribution in [0.15, 0.2) is 45.3 Å². The number of carboxylic acids is 3. The van der Waals surface area contributed by atoms with Gasteiger partial charge in [-0.2, -0.15) is 0 Å². The highest BCUT2D eigenvalue weighted by molar-refractivity contribution is 9.11. The van der Waals surface area contributed by atoms with Crippen molar-refractivity contribution in [2.75, 3.05) is 6.61 Å². The molecule has 0 saturated heterocycles. The van der Waals surface area contributed by atoms with Gasteiger partial charge in [-0.3, -0.25) is 0 Å². The molecule has 0 spiro atoms. The van der Waals surface area contributed by atoms with Crippen LogP contribution in [0.5, 0.6) is 0 Å². The third-order valence-corrected chi connectivity index (χ3v) is 7.45. The molecular weight excluding hydrogens is 600 g/mol. The van der Waals surface area contributed by atoms with Crippen molar-refractivity contribution in [1.82, 2.24) is 0 Å². The Labute approximate surface area is 218 Å². The van der Waals surface area contributed by atoms with Crippen LogP contribution in [0.4, 0.5) is 0 Å². The Morgan fingerprint density at radius 3 is 1.47 bits per heavy atom. The number of carbonyl (C=O) groups is 4. The molecule has 5 aromatic rings. The molecule has 0 aliphatic carbocycles. The van der Waals surface area contributed by atoms with E-state index in [4.69, 9.17) is 4.74 Å². The Kier molecular flexibility index (Phi) is 5.60. The number of fused-ring (bicyclic) bond motifs is 2. The standard InChI is InChI=1S/C26H14Br2O8/c1-2-36-26(35)14-8-16(28)20-9-3-5-11(23(29)30)17-13(25(33)34)7-15(27)19(21(9)17)10-4-6-12(24(31)32)18(14)22(10)20/h3-8H,2H2,1H3,(H,29,30)(H,31,32)(H,33,34). The number of aromatic carboxylic acids is 3. The smallest absolute Gasteiger partial charge is 0.338 e. The summed E-state index contributed by atoms with van der Waals surface area (Å²) >= 11 is 6.96. The second-order valence-corrected chi connectivity index (χ2v) is 9.73. The average molecular weight is 614 g/mol. The van der Waals surface area contributed by atoms with Crippen LogP contribution in [0.2, 0.25) is 0 Å². The normalized spacial score (nSPS) is 11.5. The number of rotatable bonds is 5. The van der Waals surface area contributed by atoms with E-state index in [1.54, 1.807) is 19.1 Å². The summed E-state index contributed by atoms with van der Waals surface area (Å²) in [6.07, 6.45) is 0. The Morgan fingerprint density at radius 1 is 0.639 bits per heavy atom. The Hall–Kier alpha value is -3.76. The molecule has 5 aromatic carbocycles. The maximum absolute atomic E-state index is 12.9. The van der Waals surface area contributed by atoms with Crippen LogP contribution < -0.4 is 0 Å². The first kappa shape index (κ1) is 24.0. The lowest BCUT2D eigenvalue weighted by atomic mass is 9.84. The van der Waals surface area contributed by atoms with Crippen molar-refractivity contribution >= 4 is 98.8 Å². The molecule has 0 aliphatic heterocycles. The first-order valence-electron chi connectivity index (χ1n) is 10.5. The van der Waals surface area contributed by atoms with Crippen LogP contribution in [0.1, 0.15) is 48.4 Å². The number of benzene rings is 5. The van der Waals surface area contributed by atoms with Gasteiger partial charge in [0.1, 0.15) is 0 Å². The number of esters is 1. The number of hydrogen-bond donors (Lipinski definition) is 3. The van der Waals surface area contributed by atoms with Crippen LogP contribution in [0.3, 0.4) is 0 Å². The molecule has 0 aromatic heterocycles. The zero-order valence-corrected chi connectivity index (χ0v) is 21.5. The molecular formula is C26H14Br2O8. The Balaban J connectivity index is 2.19. The van der Waals surface area contributed by atoms with E-state index in [9.17, 15) is 34.5 Å². The largest absolute Gasteiger partial charge is 0.478 e. The summed E-state index contributed by atoms with van der Waals surface area (Å²) in [5.41, 5.74) is -0.422. The molecule has 0 aliphatic rings. The van der Waals surface area contributed by atoms with Gasteiger partial charge in [0.2, 0.25) is 0 Å². The second-order valence-electron chi connectivity index (χ2n) is 8.02. The molecule has 0 amide bonds. The molecule has 0 saturated carbocycles. The van der Waals surface area contributed by atoms with Crippen molar-refractivity contribution in [2.45, 2.75) is 6.92 Å². The Morgan fingerprint density at radius 2 is 1.06 bits per heavy atom. The number of ether oxygens (including phenoxy) is 1. The van der Waals surface area contributed by atoms with E-state index in [-0.39, 0.29) is 39.6 Å². The van der Waals surface area contributed by atoms with Gasteiger partial charge in [0, 0.05) is 41.3 Å². The zero-order valence-electron chi connectivity index (χ0n) is 18.3. The molecule has 0 heterocycles. The molecule has 8 nitrogen and oxygen atoms in total. The summed E-state index contributed by atoms with van der Waals surface area (Å²) in [5.74, 6) is -4.51. The van der Waals surface area contributed by atoms with Crippen LogP contribution >= 0.6 is 31.9 Å². The summed E-state index contributed by atoms with van der Waals surface area (Å²) in [4.78, 5) is 49.3. The van der Waals surface area contributed by atoms with Gasteiger partial charge in [0.25, 0.3) is 0 Å². The molecule has 0 atom stereocenters. The topological polar surface area (TPSA) is 138 Å². The second kappa shape index (κ2) is 8.42. The summed E-state index contributed by atoms with van der Waals surface area (Å²) in [6.45, 7) is 1.73. The summed E-state index contributed by atoms with van der Waals surface area (Å²) in [7, 11) is 0. The predicted molar refractivity (Wildman–Crippen MR) is 140 cm³/mol. The lowest BCUT2D eigenvalue weighted by Crippen LogP contribution is -2.10. The molecule has 0 radical (unpaired) electrons. The SMILES string of the molecule is CCOC(=O)c1cc(Br)c2c3ccc(C(=O)O)c4c(C(=O)O)cc(Br)c(c5ccc(C(=O)O)c1c52)c43. The summed E-state index contributed by atoms with van der Waals surface area (Å²) in [6, 6.07) is 8.65. The molecule has 0 bridgehead atoms. The average Bonchev–Trinajstić information content (AvgIpc) is 2.82. The van der Waals surface area contributed by atoms with Crippen molar-refractivity contribution in [3.05, 3.63) is 67.6 Å². The van der Waals surface area contributed by atoms with E-state index in [0.29, 0.717) is 41.3 Å². The quantitative estimate of drug-likeness (QED) is 0.115. The highest BCUT2D eigenvalue weighted by Gasteiger charge is 2.28. The third kappa shape index (κ3) is 3.25. The minimum atomic E-state index is -1.30. The van der Waals surface area contributed by atoms with E-state index in [1.165, 1.54) is 24.3 Å². The van der Waals surface area contributed by atoms with Gasteiger partial charge in [-0.25, -0.2) is 19.2 Å². The molecule has 0 fully saturated rings. The minimum Gasteiger partial charge on any atom is -0.478 e. The first-order chi connectivity index (χ1) is 17.1. The van der Waals surface area contributed by atoms with E-state index < -0.39 is 23.9 Å². The van der Waals surface area contributed by atoms with Gasteiger partial charge in [0.05, 0.1) is 28.9 Å². The Bertz CT molecular complexity index is 1820. The lowest BCUT2D eigenvalue weighted by molar-refractivity contribution is 0.0527. The van der Waals surface area contributed by atoms with Crippen molar-refractivity contribution in [1.29, 1.82) is 0 Å². The zero-order chi connectivity index (χ0) is 26.0. The maximum atomic E-state index is 12.9. The van der Waals surface area contributed by atoms with E-state index in [0.717, 1.165) is 0 Å². The van der Waals surface area contributed by atoms with Crippen molar-refractivity contribution in [3.8, 4) is 0 Å². The molecule has 36 heavy (non-hydrogen) atoms. The van der Waals surface area contributed by atoms with E-state index in [2.05, 4.69) is 31.9 Å². The van der Waals surface area contributed by atoms with Crippen LogP contribution in [0.25, 0.3) is 43.1 Å². The highest BCUT2D eigenvalue weighted by atomic mass is 79.9. The van der Waals surface area contributed by atoms with Gasteiger partial charge in [-0.1, -0.05) is 44.0 Å². The molecule has 10 heteroatoms. The third-order valence-electron chi connectivity index (χ3n) is 6.19. The van der Waals surface area contributed by atoms with Gasteiger partial charge in [0.15, 0.2) is 0 Å². The maximum Gasteiger partial charge on any atom is 0.338 e. The number of carboxylic acid groups (broad SMARTS) is 3. The fourth-order valence-electron chi connectivity index (χ4n) is 4.90. The van der Waals surface area contributed by atoms with Crippen LogP contribution in [-0.2, 0) is 4.74 Å². The van der Waals surface area contributed by atoms with Crippen molar-refractivity contribution in [3.63, 3.8) is 0 Å². The van der Waals surface area contributed by atoms with Gasteiger partial charge < -0.3 is 20.1 Å². The van der Waals surface area contributed by atoms with Gasteiger partial charge in [-0.05, 0) is 42.0 Å². The summed E-state index contributed by atoms with van der Waals surface area (Å²) < 4.78 is 6.02. The van der Waals surface area contributed by atoms with Crippen molar-refractivity contribution in [2.24, 2.45) is 0 Å². The lowest BCUT2D eigenvalue weighted by Gasteiger charge is -2.21. The number of carbonyl (C=O) groups excluding carboxylic acids is 1. The predicted octanol–water partition coefficient (Wildman–Crippen LogP) is 6.53. The van der Waals surface area contributed by atoms with Gasteiger partial charge in [-0.15, -0.1) is 0 Å². The fraction of sp³-hybridized carbons (Fsp3) is 0.0769. The molecule has 180 valence electrons. The van der Waals surface area contributed by atoms with E-state index in [1.807, 2.05) is 0 Å². The van der Waals surface area contributed by atoms with Gasteiger partial charge >= 0.3 is 23.9 Å². The minimum absolute atomic E-state index is 0.0492. The highest BCUT2D eigenvalue weighted by Crippen LogP contribution is 2.48. The van der Waals surface area contributed by atoms with Crippen LogP contribution in [0, 0.1) is 0 Å². The fourth-order valence-corrected chi connectivity index (χ4v) is 6.18. The monoisotopic (exact) mass is 612 g/mol. The first-order valence-corrected chi connectivity index (χ1v) is 12.1. The van der Waals surface area contributed by atoms with Crippen molar-refractivity contribution < 1.29 is 39.2 Å². The molecule has 5 rings (SSSR count). The summed E-state index contributed by atoms with van der Waals surface area (Å²) in [5, 5.41) is 32.8. The molecule has 0 unspecified atom stereocenters. The van der Waals surface area contributed by atoms with Crippen LogP contribution in [-0.4, -0.2) is 45.8 Å². The number of halogens is 2. The molecule has 3 N–H and O–H groups in total. The van der Waals surface area contributed by atoms with E-state index >= 15 is 0 Å². The number of hydrogen-bond acceptors (Lipinski definition) is 5.